The zero-order valence-corrected chi connectivity index (χ0v) is 9.11. The third kappa shape index (κ3) is 4.22. The second-order valence-electron chi connectivity index (χ2n) is 3.03. The average Bonchev–Trinajstić information content (AvgIpc) is 2.09. The second-order valence-corrected chi connectivity index (χ2v) is 3.03. The van der Waals surface area contributed by atoms with Crippen LogP contribution >= 0.6 is 0 Å². The molecule has 14 heteroatoms. The van der Waals surface area contributed by atoms with Crippen molar-refractivity contribution in [2.24, 2.45) is 5.41 Å². The Hall–Kier alpha value is -2.54. The lowest BCUT2D eigenvalue weighted by molar-refractivity contribution is -0.316. The summed E-state index contributed by atoms with van der Waals surface area (Å²) < 4.78 is 75.4. The SMILES string of the molecule is O=C(O)C(C(=O)O)(C(=O)OC(F)(F)F)C(=O)OC(F)(F)F. The zero-order valence-electron chi connectivity index (χ0n) is 9.11. The zero-order chi connectivity index (χ0) is 17.2. The van der Waals surface area contributed by atoms with E-state index in [0.29, 0.717) is 0 Å². The highest BCUT2D eigenvalue weighted by Gasteiger charge is 2.67. The van der Waals surface area contributed by atoms with Gasteiger partial charge in [0.15, 0.2) is 0 Å². The van der Waals surface area contributed by atoms with E-state index in [2.05, 4.69) is 9.47 Å². The molecule has 0 aliphatic rings. The minimum absolute atomic E-state index is 2.39. The molecule has 0 unspecified atom stereocenters. The summed E-state index contributed by atoms with van der Waals surface area (Å²) in [5.74, 6) is -13.0. The average molecular weight is 328 g/mol. The molecule has 0 aromatic carbocycles. The molecule has 120 valence electrons. The van der Waals surface area contributed by atoms with Gasteiger partial charge in [-0.15, -0.1) is 26.3 Å². The monoisotopic (exact) mass is 328 g/mol. The maximum Gasteiger partial charge on any atom is 0.575 e. The van der Waals surface area contributed by atoms with Crippen LogP contribution in [0.5, 0.6) is 0 Å². The molecule has 0 saturated carbocycles. The Morgan fingerprint density at radius 1 is 0.667 bits per heavy atom. The molecule has 21 heavy (non-hydrogen) atoms. The highest BCUT2D eigenvalue weighted by Crippen LogP contribution is 2.31. The van der Waals surface area contributed by atoms with Crippen LogP contribution in [0, 0.1) is 5.41 Å². The van der Waals surface area contributed by atoms with Gasteiger partial charge in [0.2, 0.25) is 0 Å². The topological polar surface area (TPSA) is 127 Å². The van der Waals surface area contributed by atoms with Gasteiger partial charge in [0, 0.05) is 0 Å². The highest BCUT2D eigenvalue weighted by molar-refractivity contribution is 6.32. The number of alkyl halides is 6. The lowest BCUT2D eigenvalue weighted by Crippen LogP contribution is -2.56. The number of halogens is 6. The molecule has 0 aromatic rings. The summed E-state index contributed by atoms with van der Waals surface area (Å²) in [5, 5.41) is 16.8. The molecular formula is C7H2F6O8. The minimum Gasteiger partial charge on any atom is -0.480 e. The largest absolute Gasteiger partial charge is 0.575 e. The lowest BCUT2D eigenvalue weighted by Gasteiger charge is -2.21. The van der Waals surface area contributed by atoms with Crippen LogP contribution in [0.25, 0.3) is 0 Å². The normalized spacial score (nSPS) is 12.5. The first-order valence-corrected chi connectivity index (χ1v) is 4.21. The van der Waals surface area contributed by atoms with Gasteiger partial charge in [0.1, 0.15) is 0 Å². The van der Waals surface area contributed by atoms with Gasteiger partial charge in [-0.05, 0) is 0 Å². The summed E-state index contributed by atoms with van der Waals surface area (Å²) in [6.45, 7) is 0. The Morgan fingerprint density at radius 3 is 1.05 bits per heavy atom. The van der Waals surface area contributed by atoms with Crippen molar-refractivity contribution in [3.05, 3.63) is 0 Å². The van der Waals surface area contributed by atoms with Gasteiger partial charge in [0.25, 0.3) is 0 Å². The summed E-state index contributed by atoms with van der Waals surface area (Å²) in [5.41, 5.74) is -4.90. The van der Waals surface area contributed by atoms with Crippen molar-refractivity contribution >= 4 is 23.9 Å². The van der Waals surface area contributed by atoms with Crippen LogP contribution in [0.4, 0.5) is 26.3 Å². The molecule has 0 spiro atoms. The van der Waals surface area contributed by atoms with Gasteiger partial charge >= 0.3 is 42.0 Å². The predicted octanol–water partition coefficient (Wildman–Crippen LogP) is 0.268. The van der Waals surface area contributed by atoms with Crippen molar-refractivity contribution in [3.8, 4) is 0 Å². The highest BCUT2D eigenvalue weighted by atomic mass is 19.4. The molecular weight excluding hydrogens is 326 g/mol. The van der Waals surface area contributed by atoms with E-state index in [-0.39, 0.29) is 0 Å². The number of carboxylic acids is 2. The van der Waals surface area contributed by atoms with Crippen LogP contribution in [0.3, 0.4) is 0 Å². The van der Waals surface area contributed by atoms with Gasteiger partial charge in [-0.3, -0.25) is 0 Å². The molecule has 0 aromatic heterocycles. The number of carboxylic acid groups (broad SMARTS) is 2. The van der Waals surface area contributed by atoms with Crippen LogP contribution in [0.1, 0.15) is 0 Å². The van der Waals surface area contributed by atoms with Crippen LogP contribution in [0.2, 0.25) is 0 Å². The molecule has 0 aliphatic heterocycles. The fourth-order valence-electron chi connectivity index (χ4n) is 0.887. The predicted molar refractivity (Wildman–Crippen MR) is 42.0 cm³/mol. The number of carbonyl (C=O) groups excluding carboxylic acids is 2. The van der Waals surface area contributed by atoms with Crippen molar-refractivity contribution in [3.63, 3.8) is 0 Å². The number of esters is 2. The van der Waals surface area contributed by atoms with Crippen LogP contribution in [-0.4, -0.2) is 46.8 Å². The van der Waals surface area contributed by atoms with Crippen LogP contribution in [0.15, 0.2) is 0 Å². The maximum atomic E-state index is 11.8. The second kappa shape index (κ2) is 5.45. The van der Waals surface area contributed by atoms with Crippen molar-refractivity contribution in [2.45, 2.75) is 12.7 Å². The smallest absolute Gasteiger partial charge is 0.480 e. The van der Waals surface area contributed by atoms with Crippen LogP contribution < -0.4 is 0 Å². The quantitative estimate of drug-likeness (QED) is 0.428. The molecule has 0 atom stereocenters. The first-order chi connectivity index (χ1) is 9.14. The van der Waals surface area contributed by atoms with Gasteiger partial charge in [-0.1, -0.05) is 0 Å². The van der Waals surface area contributed by atoms with E-state index in [9.17, 15) is 45.5 Å². The van der Waals surface area contributed by atoms with Crippen molar-refractivity contribution < 1.29 is 65.2 Å². The Kier molecular flexibility index (Phi) is 4.79. The molecule has 0 amide bonds. The van der Waals surface area contributed by atoms with Crippen molar-refractivity contribution in [1.29, 1.82) is 0 Å². The number of rotatable bonds is 4. The Bertz CT molecular complexity index is 432. The number of hydrogen-bond acceptors (Lipinski definition) is 6. The number of hydrogen-bond donors (Lipinski definition) is 2. The van der Waals surface area contributed by atoms with E-state index in [4.69, 9.17) is 10.2 Å². The molecule has 2 N–H and O–H groups in total. The van der Waals surface area contributed by atoms with Crippen molar-refractivity contribution in [2.75, 3.05) is 0 Å². The third-order valence-electron chi connectivity index (χ3n) is 1.67. The summed E-state index contributed by atoms with van der Waals surface area (Å²) in [4.78, 5) is 43.0. The summed E-state index contributed by atoms with van der Waals surface area (Å²) in [6.07, 6.45) is -11.9. The van der Waals surface area contributed by atoms with E-state index >= 15 is 0 Å². The fourth-order valence-corrected chi connectivity index (χ4v) is 0.887. The molecule has 0 fully saturated rings. The Balaban J connectivity index is 5.91. The Labute approximate surface area is 108 Å². The number of carbonyl (C=O) groups is 4. The standard InChI is InChI=1S/C7H2F6O8/c8-6(9,10)20-3(18)5(1(14)15,2(16)17)4(19)21-7(11,12)13/h(H,14,15)(H,16,17). The molecule has 0 radical (unpaired) electrons. The van der Waals surface area contributed by atoms with Crippen molar-refractivity contribution in [1.82, 2.24) is 0 Å². The fraction of sp³-hybridized carbons (Fsp3) is 0.429. The maximum absolute atomic E-state index is 11.8. The summed E-state index contributed by atoms with van der Waals surface area (Å²) >= 11 is 0. The molecule has 0 heterocycles. The summed E-state index contributed by atoms with van der Waals surface area (Å²) in [6, 6.07) is 0. The van der Waals surface area contributed by atoms with E-state index in [1.54, 1.807) is 0 Å². The lowest BCUT2D eigenvalue weighted by atomic mass is 9.88. The molecule has 0 bridgehead atoms. The van der Waals surface area contributed by atoms with Gasteiger partial charge in [0.05, 0.1) is 0 Å². The van der Waals surface area contributed by atoms with E-state index in [1.807, 2.05) is 0 Å². The first-order valence-electron chi connectivity index (χ1n) is 4.21. The van der Waals surface area contributed by atoms with Gasteiger partial charge in [-0.2, -0.15) is 0 Å². The van der Waals surface area contributed by atoms with Gasteiger partial charge in [-0.25, -0.2) is 19.2 Å². The molecule has 8 nitrogen and oxygen atoms in total. The molecule has 0 rings (SSSR count). The van der Waals surface area contributed by atoms with E-state index in [1.165, 1.54) is 0 Å². The Morgan fingerprint density at radius 2 is 0.905 bits per heavy atom. The van der Waals surface area contributed by atoms with E-state index in [0.717, 1.165) is 0 Å². The van der Waals surface area contributed by atoms with Crippen LogP contribution in [-0.2, 0) is 28.7 Å². The third-order valence-corrected chi connectivity index (χ3v) is 1.67. The molecule has 0 saturated heterocycles. The minimum atomic E-state index is -5.95. The number of aliphatic carboxylic acids is 2. The number of ether oxygens (including phenoxy) is 2. The first kappa shape index (κ1) is 18.5. The summed E-state index contributed by atoms with van der Waals surface area (Å²) in [7, 11) is 0. The van der Waals surface area contributed by atoms with E-state index < -0.39 is 42.0 Å². The molecule has 0 aliphatic carbocycles. The van der Waals surface area contributed by atoms with Gasteiger partial charge < -0.3 is 19.7 Å².